The standard InChI is InChI=1S/C10H21F5OS/c11-17(12,13,14,15)10-8-6-4-2-1-3-5-7-9-16/h16H,1-10H2. The molecule has 0 unspecified atom stereocenters. The summed E-state index contributed by atoms with van der Waals surface area (Å²) in [7, 11) is -9.16. The Morgan fingerprint density at radius 1 is 0.588 bits per heavy atom. The van der Waals surface area contributed by atoms with Crippen molar-refractivity contribution in [3.63, 3.8) is 0 Å². The summed E-state index contributed by atoms with van der Waals surface area (Å²) in [6.45, 7) is 0.157. The Labute approximate surface area is 99.1 Å². The Morgan fingerprint density at radius 3 is 1.29 bits per heavy atom. The molecule has 0 spiro atoms. The molecule has 0 aromatic rings. The summed E-state index contributed by atoms with van der Waals surface area (Å²) in [5, 5.41) is 8.49. The molecule has 0 saturated carbocycles. The van der Waals surface area contributed by atoms with Crippen LogP contribution in [-0.2, 0) is 0 Å². The molecule has 0 saturated heterocycles. The smallest absolute Gasteiger partial charge is 0.285 e. The van der Waals surface area contributed by atoms with Crippen molar-refractivity contribution in [1.29, 1.82) is 0 Å². The maximum Gasteiger partial charge on any atom is 0.285 e. The zero-order valence-electron chi connectivity index (χ0n) is 9.82. The second-order valence-electron chi connectivity index (χ2n) is 4.38. The van der Waals surface area contributed by atoms with Crippen LogP contribution in [0.2, 0.25) is 0 Å². The summed E-state index contributed by atoms with van der Waals surface area (Å²) in [6, 6.07) is 0. The van der Waals surface area contributed by atoms with Gasteiger partial charge in [-0.25, -0.2) is 0 Å². The third kappa shape index (κ3) is 16.0. The van der Waals surface area contributed by atoms with Crippen LogP contribution in [0, 0.1) is 0 Å². The molecule has 0 aliphatic heterocycles. The normalized spacial score (nSPS) is 16.6. The Balaban J connectivity index is 3.37. The molecular weight excluding hydrogens is 263 g/mol. The lowest BCUT2D eigenvalue weighted by Gasteiger charge is -2.40. The van der Waals surface area contributed by atoms with E-state index in [4.69, 9.17) is 5.11 Å². The van der Waals surface area contributed by atoms with Crippen molar-refractivity contribution in [2.24, 2.45) is 0 Å². The summed E-state index contributed by atoms with van der Waals surface area (Å²) >= 11 is 0. The molecule has 0 heterocycles. The van der Waals surface area contributed by atoms with Crippen LogP contribution in [0.4, 0.5) is 19.4 Å². The zero-order chi connectivity index (χ0) is 13.5. The van der Waals surface area contributed by atoms with Crippen molar-refractivity contribution in [2.45, 2.75) is 51.4 Å². The fraction of sp³-hybridized carbons (Fsp3) is 1.00. The maximum absolute atomic E-state index is 11.9. The van der Waals surface area contributed by atoms with Gasteiger partial charge >= 0.3 is 0 Å². The van der Waals surface area contributed by atoms with E-state index in [0.29, 0.717) is 6.42 Å². The van der Waals surface area contributed by atoms with Crippen molar-refractivity contribution in [3.05, 3.63) is 0 Å². The van der Waals surface area contributed by atoms with E-state index in [1.807, 2.05) is 0 Å². The topological polar surface area (TPSA) is 20.2 Å². The third-order valence-corrected chi connectivity index (χ3v) is 3.50. The number of aliphatic hydroxyl groups excluding tert-OH is 1. The highest BCUT2D eigenvalue weighted by Gasteiger charge is 2.62. The molecule has 0 aliphatic rings. The monoisotopic (exact) mass is 284 g/mol. The van der Waals surface area contributed by atoms with Gasteiger partial charge in [0.05, 0.1) is 5.75 Å². The molecule has 0 fully saturated rings. The van der Waals surface area contributed by atoms with E-state index in [2.05, 4.69) is 0 Å². The average molecular weight is 284 g/mol. The molecule has 0 aromatic heterocycles. The van der Waals surface area contributed by atoms with Crippen LogP contribution >= 0.6 is 10.2 Å². The molecule has 17 heavy (non-hydrogen) atoms. The van der Waals surface area contributed by atoms with Crippen LogP contribution in [0.25, 0.3) is 0 Å². The van der Waals surface area contributed by atoms with Gasteiger partial charge in [0.25, 0.3) is 10.2 Å². The number of halogens is 5. The number of hydrogen-bond donors (Lipinski definition) is 1. The molecule has 7 heteroatoms. The van der Waals surface area contributed by atoms with Gasteiger partial charge in [0.2, 0.25) is 0 Å². The molecule has 0 atom stereocenters. The first-order valence-electron chi connectivity index (χ1n) is 5.88. The summed E-state index contributed by atoms with van der Waals surface area (Å²) < 4.78 is 59.5. The lowest BCUT2D eigenvalue weighted by atomic mass is 10.1. The molecule has 0 amide bonds. The highest BCUT2D eigenvalue weighted by Crippen LogP contribution is 2.97. The zero-order valence-corrected chi connectivity index (χ0v) is 10.6. The molecule has 1 N–H and O–H groups in total. The Kier molecular flexibility index (Phi) is 5.72. The fourth-order valence-corrected chi connectivity index (χ4v) is 2.30. The highest BCUT2D eigenvalue weighted by molar-refractivity contribution is 8.45. The first kappa shape index (κ1) is 17.0. The van der Waals surface area contributed by atoms with Crippen LogP contribution in [0.15, 0.2) is 0 Å². The van der Waals surface area contributed by atoms with E-state index in [1.54, 1.807) is 0 Å². The fourth-order valence-electron chi connectivity index (χ4n) is 1.55. The van der Waals surface area contributed by atoms with Gasteiger partial charge in [-0.05, 0) is 12.8 Å². The largest absolute Gasteiger partial charge is 0.396 e. The van der Waals surface area contributed by atoms with E-state index in [1.165, 1.54) is 0 Å². The van der Waals surface area contributed by atoms with Gasteiger partial charge < -0.3 is 5.11 Å². The van der Waals surface area contributed by atoms with Gasteiger partial charge in [-0.1, -0.05) is 58.0 Å². The van der Waals surface area contributed by atoms with E-state index in [-0.39, 0.29) is 13.0 Å². The van der Waals surface area contributed by atoms with Crippen LogP contribution in [-0.4, -0.2) is 17.5 Å². The Bertz CT molecular complexity index is 212. The van der Waals surface area contributed by atoms with E-state index in [0.717, 1.165) is 32.1 Å². The molecular formula is C10H21F5OS. The second kappa shape index (κ2) is 5.73. The molecule has 0 aliphatic carbocycles. The minimum Gasteiger partial charge on any atom is -0.396 e. The van der Waals surface area contributed by atoms with Gasteiger partial charge in [-0.2, -0.15) is 0 Å². The SMILES string of the molecule is OCCCCCCCCCCS(F)(F)(F)(F)F. The minimum absolute atomic E-state index is 0.157. The van der Waals surface area contributed by atoms with E-state index in [9.17, 15) is 19.4 Å². The third-order valence-electron chi connectivity index (χ3n) is 2.44. The average Bonchev–Trinajstić information content (AvgIpc) is 2.11. The molecule has 0 rings (SSSR count). The van der Waals surface area contributed by atoms with Crippen LogP contribution < -0.4 is 0 Å². The summed E-state index contributed by atoms with van der Waals surface area (Å²) in [6.07, 6.45) is 4.52. The predicted octanol–water partition coefficient (Wildman–Crippen LogP) is 5.40. The van der Waals surface area contributed by atoms with Crippen LogP contribution in [0.3, 0.4) is 0 Å². The summed E-state index contributed by atoms with van der Waals surface area (Å²) in [5.74, 6) is -1.93. The van der Waals surface area contributed by atoms with Crippen molar-refractivity contribution in [3.8, 4) is 0 Å². The van der Waals surface area contributed by atoms with Crippen molar-refractivity contribution >= 4 is 10.2 Å². The van der Waals surface area contributed by atoms with Gasteiger partial charge in [-0.15, -0.1) is 0 Å². The van der Waals surface area contributed by atoms with E-state index < -0.39 is 22.4 Å². The van der Waals surface area contributed by atoms with Gasteiger partial charge in [0.15, 0.2) is 0 Å². The van der Waals surface area contributed by atoms with Crippen LogP contribution in [0.5, 0.6) is 0 Å². The van der Waals surface area contributed by atoms with Crippen molar-refractivity contribution < 1.29 is 24.5 Å². The molecule has 0 aromatic carbocycles. The quantitative estimate of drug-likeness (QED) is 0.421. The van der Waals surface area contributed by atoms with Crippen molar-refractivity contribution in [1.82, 2.24) is 0 Å². The molecule has 1 nitrogen and oxygen atoms in total. The van der Waals surface area contributed by atoms with Crippen LogP contribution in [0.1, 0.15) is 51.4 Å². The highest BCUT2D eigenvalue weighted by atomic mass is 32.5. The van der Waals surface area contributed by atoms with Gasteiger partial charge in [0, 0.05) is 6.61 Å². The molecule has 0 radical (unpaired) electrons. The van der Waals surface area contributed by atoms with E-state index >= 15 is 0 Å². The number of hydrogen-bond acceptors (Lipinski definition) is 1. The van der Waals surface area contributed by atoms with Gasteiger partial charge in [0.1, 0.15) is 0 Å². The maximum atomic E-state index is 11.9. The Morgan fingerprint density at radius 2 is 0.941 bits per heavy atom. The number of aliphatic hydroxyl groups is 1. The number of rotatable bonds is 10. The Hall–Kier alpha value is -0.0400. The lowest BCUT2D eigenvalue weighted by molar-refractivity contribution is 0.282. The summed E-state index contributed by atoms with van der Waals surface area (Å²) in [4.78, 5) is 0. The van der Waals surface area contributed by atoms with Crippen molar-refractivity contribution in [2.75, 3.05) is 12.4 Å². The minimum atomic E-state index is -9.16. The second-order valence-corrected chi connectivity index (χ2v) is 7.05. The molecule has 108 valence electrons. The summed E-state index contributed by atoms with van der Waals surface area (Å²) in [5.41, 5.74) is 0. The lowest BCUT2D eigenvalue weighted by Crippen LogP contribution is -2.10. The first-order valence-corrected chi connectivity index (χ1v) is 8.00. The number of unbranched alkanes of at least 4 members (excludes halogenated alkanes) is 7. The molecule has 0 bridgehead atoms. The predicted molar refractivity (Wildman–Crippen MR) is 62.0 cm³/mol. The van der Waals surface area contributed by atoms with Gasteiger partial charge in [-0.3, -0.25) is 0 Å². The first-order chi connectivity index (χ1) is 7.54.